The second kappa shape index (κ2) is 7.28. The van der Waals surface area contributed by atoms with E-state index < -0.39 is 0 Å². The molecule has 1 saturated heterocycles. The Morgan fingerprint density at radius 3 is 2.95 bits per heavy atom. The molecule has 21 heavy (non-hydrogen) atoms. The molecule has 1 aliphatic heterocycles. The fourth-order valence-electron chi connectivity index (χ4n) is 4.09. The molecule has 2 fully saturated rings. The molecule has 2 aliphatic rings. The highest BCUT2D eigenvalue weighted by Gasteiger charge is 2.35. The minimum atomic E-state index is 0.774. The molecular weight excluding hydrogens is 260 g/mol. The molecule has 0 radical (unpaired) electrons. The number of ether oxygens (including phenoxy) is 1. The number of methoxy groups -OCH3 is 1. The van der Waals surface area contributed by atoms with E-state index in [-0.39, 0.29) is 0 Å². The van der Waals surface area contributed by atoms with Gasteiger partial charge < -0.3 is 15.0 Å². The molecule has 0 aromatic heterocycles. The van der Waals surface area contributed by atoms with Crippen LogP contribution in [0.25, 0.3) is 0 Å². The van der Waals surface area contributed by atoms with E-state index >= 15 is 0 Å². The minimum Gasteiger partial charge on any atom is -0.383 e. The topological polar surface area (TPSA) is 24.5 Å². The van der Waals surface area contributed by atoms with Crippen LogP contribution in [0.2, 0.25) is 0 Å². The third-order valence-corrected chi connectivity index (χ3v) is 5.09. The number of anilines is 1. The number of hydrogen-bond acceptors (Lipinski definition) is 3. The van der Waals surface area contributed by atoms with E-state index in [4.69, 9.17) is 4.74 Å². The first-order valence-corrected chi connectivity index (χ1v) is 8.44. The van der Waals surface area contributed by atoms with Crippen molar-refractivity contribution in [2.75, 3.05) is 31.7 Å². The highest BCUT2D eigenvalue weighted by Crippen LogP contribution is 2.39. The van der Waals surface area contributed by atoms with Crippen molar-refractivity contribution in [3.8, 4) is 0 Å². The van der Waals surface area contributed by atoms with Gasteiger partial charge in [-0.25, -0.2) is 0 Å². The first-order chi connectivity index (χ1) is 10.4. The standard InChI is InChI=1S/C18H28N2O/c1-21-13-11-19-14-16-6-2-3-9-18(16)20-12-5-8-15-7-4-10-17(15)20/h2-3,6,9,15,17,19H,4-5,7-8,10-14H2,1H3. The van der Waals surface area contributed by atoms with E-state index in [2.05, 4.69) is 34.5 Å². The highest BCUT2D eigenvalue weighted by atomic mass is 16.5. The Hall–Kier alpha value is -1.06. The molecule has 0 spiro atoms. The van der Waals surface area contributed by atoms with Crippen molar-refractivity contribution in [1.29, 1.82) is 0 Å². The summed E-state index contributed by atoms with van der Waals surface area (Å²) in [5.41, 5.74) is 2.89. The molecule has 1 aromatic carbocycles. The molecular formula is C18H28N2O. The number of rotatable bonds is 6. The number of nitrogens with zero attached hydrogens (tertiary/aromatic N) is 1. The maximum Gasteiger partial charge on any atom is 0.0587 e. The first-order valence-electron chi connectivity index (χ1n) is 8.44. The summed E-state index contributed by atoms with van der Waals surface area (Å²) in [5.74, 6) is 0.938. The lowest BCUT2D eigenvalue weighted by atomic mass is 9.91. The second-order valence-corrected chi connectivity index (χ2v) is 6.39. The van der Waals surface area contributed by atoms with Crippen molar-refractivity contribution in [3.63, 3.8) is 0 Å². The van der Waals surface area contributed by atoms with E-state index in [9.17, 15) is 0 Å². The van der Waals surface area contributed by atoms with Crippen molar-refractivity contribution < 1.29 is 4.74 Å². The number of fused-ring (bicyclic) bond motifs is 1. The van der Waals surface area contributed by atoms with Gasteiger partial charge in [-0.3, -0.25) is 0 Å². The zero-order chi connectivity index (χ0) is 14.5. The molecule has 3 heteroatoms. The Bertz CT molecular complexity index is 449. The Labute approximate surface area is 128 Å². The van der Waals surface area contributed by atoms with Crippen LogP contribution in [0.4, 0.5) is 5.69 Å². The number of nitrogens with one attached hydrogen (secondary N) is 1. The third-order valence-electron chi connectivity index (χ3n) is 5.09. The molecule has 1 saturated carbocycles. The summed E-state index contributed by atoms with van der Waals surface area (Å²) in [7, 11) is 1.75. The molecule has 1 heterocycles. The van der Waals surface area contributed by atoms with Crippen molar-refractivity contribution in [3.05, 3.63) is 29.8 Å². The number of para-hydroxylation sites is 1. The van der Waals surface area contributed by atoms with E-state index in [0.29, 0.717) is 0 Å². The van der Waals surface area contributed by atoms with E-state index in [1.54, 1.807) is 7.11 Å². The summed E-state index contributed by atoms with van der Waals surface area (Å²) >= 11 is 0. The molecule has 2 unspecified atom stereocenters. The summed E-state index contributed by atoms with van der Waals surface area (Å²) in [5, 5.41) is 3.49. The van der Waals surface area contributed by atoms with Gasteiger partial charge in [0.15, 0.2) is 0 Å². The van der Waals surface area contributed by atoms with Crippen molar-refractivity contribution in [2.45, 2.75) is 44.7 Å². The maximum atomic E-state index is 5.11. The Morgan fingerprint density at radius 2 is 2.05 bits per heavy atom. The van der Waals surface area contributed by atoms with Crippen LogP contribution < -0.4 is 10.2 Å². The predicted octanol–water partition coefficient (Wildman–Crippen LogP) is 3.19. The first kappa shape index (κ1) is 14.9. The van der Waals surface area contributed by atoms with Crippen LogP contribution in [-0.4, -0.2) is 32.8 Å². The van der Waals surface area contributed by atoms with E-state index in [0.717, 1.165) is 31.7 Å². The van der Waals surface area contributed by atoms with Crippen LogP contribution in [-0.2, 0) is 11.3 Å². The second-order valence-electron chi connectivity index (χ2n) is 6.39. The lowest BCUT2D eigenvalue weighted by Crippen LogP contribution is -2.43. The van der Waals surface area contributed by atoms with Crippen molar-refractivity contribution in [2.24, 2.45) is 5.92 Å². The van der Waals surface area contributed by atoms with Gasteiger partial charge in [-0.05, 0) is 43.2 Å². The average molecular weight is 288 g/mol. The summed E-state index contributed by atoms with van der Waals surface area (Å²) in [6.07, 6.45) is 7.04. The van der Waals surface area contributed by atoms with Gasteiger partial charge in [-0.2, -0.15) is 0 Å². The molecule has 116 valence electrons. The largest absolute Gasteiger partial charge is 0.383 e. The number of benzene rings is 1. The molecule has 0 bridgehead atoms. The van der Waals surface area contributed by atoms with Gasteiger partial charge in [0, 0.05) is 38.5 Å². The van der Waals surface area contributed by atoms with Crippen LogP contribution >= 0.6 is 0 Å². The van der Waals surface area contributed by atoms with Gasteiger partial charge in [0.05, 0.1) is 6.61 Å². The smallest absolute Gasteiger partial charge is 0.0587 e. The van der Waals surface area contributed by atoms with Gasteiger partial charge in [0.1, 0.15) is 0 Å². The van der Waals surface area contributed by atoms with E-state index in [1.165, 1.54) is 49.9 Å². The number of hydrogen-bond donors (Lipinski definition) is 1. The van der Waals surface area contributed by atoms with Crippen LogP contribution in [0, 0.1) is 5.92 Å². The van der Waals surface area contributed by atoms with Crippen molar-refractivity contribution >= 4 is 5.69 Å². The van der Waals surface area contributed by atoms with Gasteiger partial charge in [0.25, 0.3) is 0 Å². The monoisotopic (exact) mass is 288 g/mol. The zero-order valence-electron chi connectivity index (χ0n) is 13.2. The zero-order valence-corrected chi connectivity index (χ0v) is 13.2. The summed E-state index contributed by atoms with van der Waals surface area (Å²) in [4.78, 5) is 2.70. The van der Waals surface area contributed by atoms with Crippen LogP contribution in [0.15, 0.2) is 24.3 Å². The normalized spacial score (nSPS) is 25.1. The van der Waals surface area contributed by atoms with Gasteiger partial charge in [-0.1, -0.05) is 24.6 Å². The molecule has 2 atom stereocenters. The fraction of sp³-hybridized carbons (Fsp3) is 0.667. The summed E-state index contributed by atoms with van der Waals surface area (Å²) < 4.78 is 5.11. The summed E-state index contributed by atoms with van der Waals surface area (Å²) in [6.45, 7) is 3.86. The quantitative estimate of drug-likeness (QED) is 0.814. The van der Waals surface area contributed by atoms with Gasteiger partial charge in [0.2, 0.25) is 0 Å². The van der Waals surface area contributed by atoms with Crippen LogP contribution in [0.1, 0.15) is 37.7 Å². The fourth-order valence-corrected chi connectivity index (χ4v) is 4.09. The number of piperidine rings is 1. The molecule has 3 nitrogen and oxygen atoms in total. The Kier molecular flexibility index (Phi) is 5.15. The average Bonchev–Trinajstić information content (AvgIpc) is 3.00. The summed E-state index contributed by atoms with van der Waals surface area (Å²) in [6, 6.07) is 9.72. The lowest BCUT2D eigenvalue weighted by Gasteiger charge is -2.40. The molecule has 1 N–H and O–H groups in total. The van der Waals surface area contributed by atoms with Gasteiger partial charge in [-0.15, -0.1) is 0 Å². The SMILES string of the molecule is COCCNCc1ccccc1N1CCCC2CCCC21. The van der Waals surface area contributed by atoms with Crippen molar-refractivity contribution in [1.82, 2.24) is 5.32 Å². The molecule has 1 aromatic rings. The minimum absolute atomic E-state index is 0.774. The van der Waals surface area contributed by atoms with E-state index in [1.807, 2.05) is 0 Å². The maximum absolute atomic E-state index is 5.11. The predicted molar refractivity (Wildman–Crippen MR) is 87.7 cm³/mol. The van der Waals surface area contributed by atoms with Crippen LogP contribution in [0.3, 0.4) is 0 Å². The molecule has 1 aliphatic carbocycles. The Morgan fingerprint density at radius 1 is 1.19 bits per heavy atom. The lowest BCUT2D eigenvalue weighted by molar-refractivity contribution is 0.199. The third kappa shape index (κ3) is 3.41. The van der Waals surface area contributed by atoms with Crippen LogP contribution in [0.5, 0.6) is 0 Å². The molecule has 0 amide bonds. The van der Waals surface area contributed by atoms with Gasteiger partial charge >= 0.3 is 0 Å². The highest BCUT2D eigenvalue weighted by molar-refractivity contribution is 5.55. The Balaban J connectivity index is 1.71. The molecule has 3 rings (SSSR count).